The number of morpholine rings is 1. The Bertz CT molecular complexity index is 1020. The summed E-state index contributed by atoms with van der Waals surface area (Å²) in [6, 6.07) is 6.80. The number of pyridine rings is 1. The zero-order chi connectivity index (χ0) is 25.0. The fourth-order valence-corrected chi connectivity index (χ4v) is 4.70. The van der Waals surface area contributed by atoms with Gasteiger partial charge in [0.15, 0.2) is 0 Å². The number of benzene rings is 1. The van der Waals surface area contributed by atoms with Crippen LogP contribution in [0.3, 0.4) is 0 Å². The molecule has 1 saturated heterocycles. The Balaban J connectivity index is 1.36. The summed E-state index contributed by atoms with van der Waals surface area (Å²) in [6.45, 7) is 2.02. The number of hydrogen-bond acceptors (Lipinski definition) is 6. The Morgan fingerprint density at radius 2 is 1.97 bits per heavy atom. The van der Waals surface area contributed by atoms with Crippen LogP contribution >= 0.6 is 0 Å². The van der Waals surface area contributed by atoms with E-state index in [2.05, 4.69) is 9.88 Å². The molecular weight excluding hydrogens is 465 g/mol. The van der Waals surface area contributed by atoms with Gasteiger partial charge in [0.2, 0.25) is 0 Å². The van der Waals surface area contributed by atoms with Gasteiger partial charge in [-0.05, 0) is 49.3 Å². The van der Waals surface area contributed by atoms with E-state index in [0.717, 1.165) is 11.3 Å². The Kier molecular flexibility index (Phi) is 7.69. The summed E-state index contributed by atoms with van der Waals surface area (Å²) in [7, 11) is 1.43. The van der Waals surface area contributed by atoms with Crippen LogP contribution in [0.15, 0.2) is 36.7 Å². The normalized spacial score (nSPS) is 23.1. The van der Waals surface area contributed by atoms with Crippen LogP contribution in [0.25, 0.3) is 0 Å². The summed E-state index contributed by atoms with van der Waals surface area (Å²) in [4.78, 5) is 17.8. The van der Waals surface area contributed by atoms with Crippen molar-refractivity contribution in [2.45, 2.75) is 38.0 Å². The van der Waals surface area contributed by atoms with Crippen molar-refractivity contribution in [1.29, 1.82) is 0 Å². The van der Waals surface area contributed by atoms with E-state index in [4.69, 9.17) is 14.2 Å². The molecule has 2 fully saturated rings. The predicted molar refractivity (Wildman–Crippen MR) is 122 cm³/mol. The molecule has 0 bridgehead atoms. The lowest BCUT2D eigenvalue weighted by Crippen LogP contribution is -2.38. The molecule has 1 aromatic heterocycles. The van der Waals surface area contributed by atoms with E-state index in [1.165, 1.54) is 13.2 Å². The van der Waals surface area contributed by atoms with Gasteiger partial charge < -0.3 is 24.2 Å². The molecular formula is C25H29F3N2O5. The second-order valence-electron chi connectivity index (χ2n) is 9.02. The lowest BCUT2D eigenvalue weighted by molar-refractivity contribution is -0.184. The molecule has 7 nitrogen and oxygen atoms in total. The second kappa shape index (κ2) is 10.7. The van der Waals surface area contributed by atoms with E-state index in [9.17, 15) is 23.1 Å². The molecule has 0 radical (unpaired) electrons. The molecule has 4 rings (SSSR count). The number of methoxy groups -OCH3 is 1. The molecule has 35 heavy (non-hydrogen) atoms. The minimum atomic E-state index is -4.11. The summed E-state index contributed by atoms with van der Waals surface area (Å²) in [5, 5.41) is 9.30. The van der Waals surface area contributed by atoms with Gasteiger partial charge in [0.1, 0.15) is 23.2 Å². The molecule has 10 heteroatoms. The summed E-state index contributed by atoms with van der Waals surface area (Å²) in [5.41, 5.74) is 1.75. The number of aromatic carboxylic acids is 1. The molecule has 2 heterocycles. The Labute approximate surface area is 201 Å². The first-order chi connectivity index (χ1) is 16.7. The SMILES string of the molecule is COc1cc(C2CN(c3cncc(OCC4CCC(C(F)(F)F)CC4)c3)CCO2)ccc1C(=O)O. The van der Waals surface area contributed by atoms with Crippen LogP contribution in [0, 0.1) is 11.8 Å². The standard InChI is InChI=1S/C25H29F3N2O5/c1-33-22-10-17(4-7-21(22)24(31)32)23-14-30(8-9-34-23)19-11-20(13-29-12-19)35-15-16-2-5-18(6-3-16)25(26,27)28/h4,7,10-13,16,18,23H,2-3,5-6,8-9,14-15H2,1H3,(H,31,32). The highest BCUT2D eigenvalue weighted by Crippen LogP contribution is 2.39. The van der Waals surface area contributed by atoms with Crippen molar-refractivity contribution < 1.29 is 37.3 Å². The van der Waals surface area contributed by atoms with Crippen LogP contribution in [0.1, 0.15) is 47.7 Å². The van der Waals surface area contributed by atoms with E-state index in [-0.39, 0.29) is 36.2 Å². The minimum absolute atomic E-state index is 0.0878. The van der Waals surface area contributed by atoms with Crippen LogP contribution in [-0.2, 0) is 4.74 Å². The van der Waals surface area contributed by atoms with Gasteiger partial charge in [0.05, 0.1) is 44.3 Å². The average Bonchev–Trinajstić information content (AvgIpc) is 2.87. The van der Waals surface area contributed by atoms with E-state index in [0.29, 0.717) is 44.9 Å². The number of aromatic nitrogens is 1. The first-order valence-electron chi connectivity index (χ1n) is 11.7. The fraction of sp³-hybridized carbons (Fsp3) is 0.520. The third-order valence-electron chi connectivity index (χ3n) is 6.75. The first kappa shape index (κ1) is 25.1. The average molecular weight is 495 g/mol. The zero-order valence-corrected chi connectivity index (χ0v) is 19.5. The topological polar surface area (TPSA) is 81.1 Å². The van der Waals surface area contributed by atoms with E-state index < -0.39 is 18.1 Å². The highest BCUT2D eigenvalue weighted by molar-refractivity contribution is 5.91. The summed E-state index contributed by atoms with van der Waals surface area (Å²) in [5.74, 6) is -1.30. The van der Waals surface area contributed by atoms with Crippen molar-refractivity contribution in [3.05, 3.63) is 47.8 Å². The lowest BCUT2D eigenvalue weighted by atomic mass is 9.82. The molecule has 2 aliphatic rings. The lowest BCUT2D eigenvalue weighted by Gasteiger charge is -2.35. The molecule has 1 atom stereocenters. The van der Waals surface area contributed by atoms with Gasteiger partial charge in [-0.15, -0.1) is 0 Å². The molecule has 0 spiro atoms. The largest absolute Gasteiger partial charge is 0.496 e. The van der Waals surface area contributed by atoms with Crippen LogP contribution < -0.4 is 14.4 Å². The quantitative estimate of drug-likeness (QED) is 0.573. The number of alkyl halides is 3. The third-order valence-corrected chi connectivity index (χ3v) is 6.75. The van der Waals surface area contributed by atoms with Crippen molar-refractivity contribution in [3.63, 3.8) is 0 Å². The number of carbonyl (C=O) groups is 1. The zero-order valence-electron chi connectivity index (χ0n) is 19.5. The first-order valence-corrected chi connectivity index (χ1v) is 11.7. The number of carboxylic acids is 1. The molecule has 2 aromatic rings. The number of nitrogens with zero attached hydrogens (tertiary/aromatic N) is 2. The van der Waals surface area contributed by atoms with Gasteiger partial charge in [0, 0.05) is 19.2 Å². The van der Waals surface area contributed by atoms with Crippen molar-refractivity contribution in [2.24, 2.45) is 11.8 Å². The van der Waals surface area contributed by atoms with Crippen LogP contribution in [0.2, 0.25) is 0 Å². The Morgan fingerprint density at radius 1 is 1.20 bits per heavy atom. The van der Waals surface area contributed by atoms with Crippen LogP contribution in [0.4, 0.5) is 18.9 Å². The van der Waals surface area contributed by atoms with E-state index in [1.54, 1.807) is 24.5 Å². The molecule has 1 N–H and O–H groups in total. The monoisotopic (exact) mass is 494 g/mol. The van der Waals surface area contributed by atoms with Crippen molar-refractivity contribution in [1.82, 2.24) is 4.98 Å². The van der Waals surface area contributed by atoms with Crippen molar-refractivity contribution in [3.8, 4) is 11.5 Å². The van der Waals surface area contributed by atoms with Crippen molar-refractivity contribution >= 4 is 11.7 Å². The fourth-order valence-electron chi connectivity index (χ4n) is 4.70. The molecule has 1 aromatic carbocycles. The van der Waals surface area contributed by atoms with E-state index in [1.807, 2.05) is 6.07 Å². The predicted octanol–water partition coefficient (Wildman–Crippen LogP) is 5.11. The smallest absolute Gasteiger partial charge is 0.391 e. The molecule has 1 unspecified atom stereocenters. The maximum Gasteiger partial charge on any atom is 0.391 e. The summed E-state index contributed by atoms with van der Waals surface area (Å²) < 4.78 is 55.7. The molecule has 1 saturated carbocycles. The van der Waals surface area contributed by atoms with Crippen molar-refractivity contribution in [2.75, 3.05) is 38.3 Å². The van der Waals surface area contributed by atoms with E-state index >= 15 is 0 Å². The highest BCUT2D eigenvalue weighted by atomic mass is 19.4. The van der Waals surface area contributed by atoms with Gasteiger partial charge >= 0.3 is 12.1 Å². The maximum absolute atomic E-state index is 12.9. The van der Waals surface area contributed by atoms with Gasteiger partial charge in [-0.25, -0.2) is 4.79 Å². The number of anilines is 1. The Morgan fingerprint density at radius 3 is 2.66 bits per heavy atom. The number of rotatable bonds is 7. The van der Waals surface area contributed by atoms with Crippen LogP contribution in [-0.4, -0.2) is 55.6 Å². The minimum Gasteiger partial charge on any atom is -0.496 e. The van der Waals surface area contributed by atoms with Crippen LogP contribution in [0.5, 0.6) is 11.5 Å². The Hall–Kier alpha value is -3.01. The molecule has 190 valence electrons. The number of carboxylic acid groups (broad SMARTS) is 1. The van der Waals surface area contributed by atoms with Gasteiger partial charge in [-0.2, -0.15) is 13.2 Å². The second-order valence-corrected chi connectivity index (χ2v) is 9.02. The summed E-state index contributed by atoms with van der Waals surface area (Å²) >= 11 is 0. The molecule has 1 aliphatic carbocycles. The maximum atomic E-state index is 12.9. The number of hydrogen-bond donors (Lipinski definition) is 1. The van der Waals surface area contributed by atoms with Gasteiger partial charge in [-0.3, -0.25) is 4.98 Å². The molecule has 1 aliphatic heterocycles. The third kappa shape index (κ3) is 6.17. The molecule has 0 amide bonds. The number of ether oxygens (including phenoxy) is 3. The van der Waals surface area contributed by atoms with Gasteiger partial charge in [0.25, 0.3) is 0 Å². The number of halogens is 3. The van der Waals surface area contributed by atoms with Gasteiger partial charge in [-0.1, -0.05) is 6.07 Å². The highest BCUT2D eigenvalue weighted by Gasteiger charge is 2.41. The summed E-state index contributed by atoms with van der Waals surface area (Å²) in [6.07, 6.45) is 0.277.